The van der Waals surface area contributed by atoms with Crippen LogP contribution in [0.4, 0.5) is 0 Å². The van der Waals surface area contributed by atoms with Crippen molar-refractivity contribution in [2.24, 2.45) is 5.92 Å². The molecule has 1 saturated heterocycles. The standard InChI is InChI=1S/C17H32N2O2/c1-4-10-18-17(3,16(20)21-5-2)9-6-11-19-13-14-7-8-15(19)12-14/h14-15,18H,4-13H2,1-3H3. The van der Waals surface area contributed by atoms with E-state index in [1.165, 1.54) is 25.8 Å². The molecule has 4 nitrogen and oxygen atoms in total. The predicted octanol–water partition coefficient (Wildman–Crippen LogP) is 2.57. The topological polar surface area (TPSA) is 41.6 Å². The van der Waals surface area contributed by atoms with E-state index in [4.69, 9.17) is 4.74 Å². The van der Waals surface area contributed by atoms with Crippen molar-refractivity contribution in [2.75, 3.05) is 26.2 Å². The third-order valence-electron chi connectivity index (χ3n) is 5.14. The van der Waals surface area contributed by atoms with E-state index in [0.29, 0.717) is 6.61 Å². The average Bonchev–Trinajstić information content (AvgIpc) is 3.08. The number of nitrogens with zero attached hydrogens (tertiary/aromatic N) is 1. The molecule has 2 fully saturated rings. The zero-order valence-corrected chi connectivity index (χ0v) is 14.0. The van der Waals surface area contributed by atoms with Gasteiger partial charge < -0.3 is 15.0 Å². The molecule has 1 aliphatic carbocycles. The Labute approximate surface area is 129 Å². The summed E-state index contributed by atoms with van der Waals surface area (Å²) in [5.74, 6) is 0.853. The van der Waals surface area contributed by atoms with Crippen LogP contribution in [-0.2, 0) is 9.53 Å². The highest BCUT2D eigenvalue weighted by molar-refractivity contribution is 5.80. The van der Waals surface area contributed by atoms with Gasteiger partial charge in [0.1, 0.15) is 5.54 Å². The molecular weight excluding hydrogens is 264 g/mol. The summed E-state index contributed by atoms with van der Waals surface area (Å²) in [6.45, 7) is 9.73. The van der Waals surface area contributed by atoms with Crippen LogP contribution < -0.4 is 5.32 Å². The molecule has 2 rings (SSSR count). The van der Waals surface area contributed by atoms with Crippen molar-refractivity contribution >= 4 is 5.97 Å². The molecule has 0 radical (unpaired) electrons. The lowest BCUT2D eigenvalue weighted by Crippen LogP contribution is -2.51. The van der Waals surface area contributed by atoms with E-state index in [9.17, 15) is 4.79 Å². The summed E-state index contributed by atoms with van der Waals surface area (Å²) >= 11 is 0. The predicted molar refractivity (Wildman–Crippen MR) is 85.3 cm³/mol. The molecule has 1 saturated carbocycles. The Morgan fingerprint density at radius 2 is 2.19 bits per heavy atom. The number of hydrogen-bond donors (Lipinski definition) is 1. The average molecular weight is 296 g/mol. The van der Waals surface area contributed by atoms with Gasteiger partial charge in [0.05, 0.1) is 6.61 Å². The minimum Gasteiger partial charge on any atom is -0.465 e. The van der Waals surface area contributed by atoms with Crippen LogP contribution in [-0.4, -0.2) is 48.7 Å². The molecule has 0 aromatic carbocycles. The van der Waals surface area contributed by atoms with E-state index in [1.54, 1.807) is 0 Å². The smallest absolute Gasteiger partial charge is 0.326 e. The highest BCUT2D eigenvalue weighted by Gasteiger charge is 2.38. The van der Waals surface area contributed by atoms with E-state index in [1.807, 2.05) is 13.8 Å². The number of likely N-dealkylation sites (tertiary alicyclic amines) is 1. The third-order valence-corrected chi connectivity index (χ3v) is 5.14. The summed E-state index contributed by atoms with van der Waals surface area (Å²) in [6, 6.07) is 0.826. The van der Waals surface area contributed by atoms with Gasteiger partial charge in [0.15, 0.2) is 0 Å². The number of hydrogen-bond acceptors (Lipinski definition) is 4. The SMILES string of the molecule is CCCNC(C)(CCCN1CC2CCC1C2)C(=O)OCC. The number of ether oxygens (including phenoxy) is 1. The number of carbonyl (C=O) groups excluding carboxylic acids is 1. The van der Waals surface area contributed by atoms with Crippen molar-refractivity contribution in [2.45, 2.75) is 70.9 Å². The minimum absolute atomic E-state index is 0.0959. The fraction of sp³-hybridized carbons (Fsp3) is 0.941. The van der Waals surface area contributed by atoms with Gasteiger partial charge in [-0.3, -0.25) is 4.79 Å². The van der Waals surface area contributed by atoms with Crippen LogP contribution in [0, 0.1) is 5.92 Å². The van der Waals surface area contributed by atoms with Crippen LogP contribution in [0.3, 0.4) is 0 Å². The second-order valence-electron chi connectivity index (χ2n) is 6.91. The molecule has 3 atom stereocenters. The first kappa shape index (κ1) is 16.8. The van der Waals surface area contributed by atoms with E-state index in [0.717, 1.165) is 44.3 Å². The molecule has 1 aliphatic heterocycles. The number of fused-ring (bicyclic) bond motifs is 2. The zero-order valence-electron chi connectivity index (χ0n) is 14.0. The van der Waals surface area contributed by atoms with Crippen LogP contribution >= 0.6 is 0 Å². The van der Waals surface area contributed by atoms with E-state index in [2.05, 4.69) is 17.1 Å². The lowest BCUT2D eigenvalue weighted by Gasteiger charge is -2.31. The normalized spacial score (nSPS) is 27.8. The molecule has 21 heavy (non-hydrogen) atoms. The Morgan fingerprint density at radius 1 is 1.38 bits per heavy atom. The number of nitrogens with one attached hydrogen (secondary N) is 1. The molecule has 122 valence electrons. The maximum Gasteiger partial charge on any atom is 0.326 e. The molecule has 0 aromatic heterocycles. The monoisotopic (exact) mass is 296 g/mol. The van der Waals surface area contributed by atoms with Crippen molar-refractivity contribution in [3.8, 4) is 0 Å². The quantitative estimate of drug-likeness (QED) is 0.664. The third kappa shape index (κ3) is 4.19. The highest BCUT2D eigenvalue weighted by Crippen LogP contribution is 2.37. The Bertz CT molecular complexity index is 348. The van der Waals surface area contributed by atoms with Crippen LogP contribution in [0.5, 0.6) is 0 Å². The van der Waals surface area contributed by atoms with Gasteiger partial charge in [-0.2, -0.15) is 0 Å². The van der Waals surface area contributed by atoms with Gasteiger partial charge in [0.25, 0.3) is 0 Å². The molecule has 2 aliphatic rings. The van der Waals surface area contributed by atoms with Crippen LogP contribution in [0.25, 0.3) is 0 Å². The molecule has 0 spiro atoms. The van der Waals surface area contributed by atoms with Crippen molar-refractivity contribution in [1.82, 2.24) is 10.2 Å². The van der Waals surface area contributed by atoms with Crippen LogP contribution in [0.2, 0.25) is 0 Å². The summed E-state index contributed by atoms with van der Waals surface area (Å²) in [5.41, 5.74) is -0.523. The fourth-order valence-electron chi connectivity index (χ4n) is 3.89. The first-order valence-corrected chi connectivity index (χ1v) is 8.75. The van der Waals surface area contributed by atoms with E-state index >= 15 is 0 Å². The number of rotatable bonds is 9. The molecule has 2 bridgehead atoms. The molecule has 4 heteroatoms. The first-order chi connectivity index (χ1) is 10.1. The summed E-state index contributed by atoms with van der Waals surface area (Å²) in [4.78, 5) is 14.9. The molecule has 0 aromatic rings. The fourth-order valence-corrected chi connectivity index (χ4v) is 3.89. The molecule has 1 N–H and O–H groups in total. The maximum atomic E-state index is 12.2. The van der Waals surface area contributed by atoms with Crippen molar-refractivity contribution in [3.63, 3.8) is 0 Å². The van der Waals surface area contributed by atoms with E-state index < -0.39 is 5.54 Å². The second kappa shape index (κ2) is 7.59. The number of esters is 1. The van der Waals surface area contributed by atoms with Crippen LogP contribution in [0.15, 0.2) is 0 Å². The molecule has 1 heterocycles. The Morgan fingerprint density at radius 3 is 2.76 bits per heavy atom. The second-order valence-corrected chi connectivity index (χ2v) is 6.91. The van der Waals surface area contributed by atoms with Gasteiger partial charge in [0, 0.05) is 12.6 Å². The number of piperidine rings is 1. The first-order valence-electron chi connectivity index (χ1n) is 8.75. The summed E-state index contributed by atoms with van der Waals surface area (Å²) in [6.07, 6.45) is 7.18. The largest absolute Gasteiger partial charge is 0.465 e. The van der Waals surface area contributed by atoms with Gasteiger partial charge in [-0.15, -0.1) is 0 Å². The van der Waals surface area contributed by atoms with Gasteiger partial charge in [-0.1, -0.05) is 6.92 Å². The van der Waals surface area contributed by atoms with Gasteiger partial charge >= 0.3 is 5.97 Å². The maximum absolute atomic E-state index is 12.2. The Balaban J connectivity index is 1.79. The van der Waals surface area contributed by atoms with Crippen molar-refractivity contribution in [3.05, 3.63) is 0 Å². The van der Waals surface area contributed by atoms with Gasteiger partial charge in [-0.05, 0) is 71.4 Å². The lowest BCUT2D eigenvalue weighted by atomic mass is 9.95. The summed E-state index contributed by atoms with van der Waals surface area (Å²) < 4.78 is 5.26. The van der Waals surface area contributed by atoms with Crippen LogP contribution in [0.1, 0.15) is 59.3 Å². The summed E-state index contributed by atoms with van der Waals surface area (Å²) in [7, 11) is 0. The number of carbonyl (C=O) groups is 1. The lowest BCUT2D eigenvalue weighted by molar-refractivity contribution is -0.150. The van der Waals surface area contributed by atoms with Crippen molar-refractivity contribution in [1.29, 1.82) is 0 Å². The molecule has 0 amide bonds. The molecular formula is C17H32N2O2. The highest BCUT2D eigenvalue weighted by atomic mass is 16.5. The van der Waals surface area contributed by atoms with E-state index in [-0.39, 0.29) is 5.97 Å². The minimum atomic E-state index is -0.523. The van der Waals surface area contributed by atoms with Gasteiger partial charge in [-0.25, -0.2) is 0 Å². The molecule has 3 unspecified atom stereocenters. The Kier molecular flexibility index (Phi) is 6.06. The Hall–Kier alpha value is -0.610. The van der Waals surface area contributed by atoms with Gasteiger partial charge in [0.2, 0.25) is 0 Å². The summed E-state index contributed by atoms with van der Waals surface area (Å²) in [5, 5.41) is 3.40. The van der Waals surface area contributed by atoms with Crippen molar-refractivity contribution < 1.29 is 9.53 Å². The zero-order chi connectivity index (χ0) is 15.3.